The van der Waals surface area contributed by atoms with Crippen molar-refractivity contribution in [2.45, 2.75) is 111 Å². The van der Waals surface area contributed by atoms with Gasteiger partial charge in [-0.2, -0.15) is 5.26 Å². The van der Waals surface area contributed by atoms with E-state index in [0.29, 0.717) is 63.1 Å². The molecule has 3 aromatic carbocycles. The van der Waals surface area contributed by atoms with Crippen molar-refractivity contribution in [3.8, 4) is 45.8 Å². The Labute approximate surface area is 418 Å². The molecule has 1 aliphatic rings. The Morgan fingerprint density at radius 3 is 2.08 bits per heavy atom. The molecule has 4 atom stereocenters. The van der Waals surface area contributed by atoms with Crippen LogP contribution in [0.4, 0.5) is 0 Å². The fraction of sp³-hybridized carbons (Fsp3) is 0.491. The molecule has 0 saturated carbocycles. The molecule has 0 saturated heterocycles. The number of likely N-dealkylation sites (N-methyl/N-ethyl adjacent to an activating group) is 1. The molecule has 0 aliphatic carbocycles. The second-order valence-electron chi connectivity index (χ2n) is 19.6. The average molecular weight is 973 g/mol. The fourth-order valence-electron chi connectivity index (χ4n) is 8.86. The minimum absolute atomic E-state index is 0.0347. The van der Waals surface area contributed by atoms with E-state index in [1.165, 1.54) is 11.9 Å². The van der Waals surface area contributed by atoms with Crippen LogP contribution in [-0.4, -0.2) is 96.6 Å². The number of nitriles is 1. The highest BCUT2D eigenvalue weighted by atomic mass is 16.5. The largest absolute Gasteiger partial charge is 0.494 e. The number of nitrogens with two attached hydrogens (primary N) is 3. The lowest BCUT2D eigenvalue weighted by Gasteiger charge is -2.32. The third-order valence-electron chi connectivity index (χ3n) is 12.6. The molecule has 0 spiro atoms. The summed E-state index contributed by atoms with van der Waals surface area (Å²) in [6.07, 6.45) is 2.74. The molecule has 2 amide bonds. The van der Waals surface area contributed by atoms with E-state index in [4.69, 9.17) is 41.4 Å². The van der Waals surface area contributed by atoms with E-state index in [2.05, 4.69) is 26.1 Å². The van der Waals surface area contributed by atoms with E-state index >= 15 is 0 Å². The SMILES string of the molecule is Cc1nc(-c2ccc(OCCCCC(C)(C)C)cc2)nc(C)c1C(=O)C[C@@H](CCN)C(=O)N(C)[C@@H]1C(=O)C[C@@H](C)C(=O)N[C@H](C(=O)CCC#N)Cc2ccc(OCCN)c(c2)-c2cc1ccc2OCCN. The van der Waals surface area contributed by atoms with Crippen LogP contribution in [0.25, 0.3) is 22.5 Å². The molecule has 1 aliphatic heterocycles. The number of nitrogens with zero attached hydrogens (tertiary/aromatic N) is 4. The normalized spacial score (nSPS) is 16.5. The van der Waals surface area contributed by atoms with Crippen LogP contribution in [0.3, 0.4) is 0 Å². The summed E-state index contributed by atoms with van der Waals surface area (Å²) in [5.74, 6) is -2.03. The highest BCUT2D eigenvalue weighted by Crippen LogP contribution is 2.41. The van der Waals surface area contributed by atoms with Gasteiger partial charge in [-0.3, -0.25) is 24.0 Å². The van der Waals surface area contributed by atoms with Crippen molar-refractivity contribution in [1.29, 1.82) is 5.26 Å². The summed E-state index contributed by atoms with van der Waals surface area (Å²) in [6, 6.07) is 17.8. The Hall–Kier alpha value is -6.54. The molecule has 4 aromatic rings. The summed E-state index contributed by atoms with van der Waals surface area (Å²) in [4.78, 5) is 82.1. The highest BCUT2D eigenvalue weighted by Gasteiger charge is 2.36. The number of hydrogen-bond donors (Lipinski definition) is 4. The van der Waals surface area contributed by atoms with Crippen LogP contribution < -0.4 is 36.7 Å². The van der Waals surface area contributed by atoms with Crippen molar-refractivity contribution < 1.29 is 38.2 Å². The highest BCUT2D eigenvalue weighted by molar-refractivity contribution is 6.01. The zero-order valence-electron chi connectivity index (χ0n) is 42.5. The van der Waals surface area contributed by atoms with Gasteiger partial charge in [-0.15, -0.1) is 0 Å². The van der Waals surface area contributed by atoms with Crippen LogP contribution in [0.2, 0.25) is 0 Å². The van der Waals surface area contributed by atoms with Gasteiger partial charge in [0.1, 0.15) is 36.5 Å². The third kappa shape index (κ3) is 15.2. The van der Waals surface area contributed by atoms with Gasteiger partial charge in [0.25, 0.3) is 0 Å². The number of ketones is 3. The summed E-state index contributed by atoms with van der Waals surface area (Å²) < 4.78 is 18.3. The second-order valence-corrected chi connectivity index (χ2v) is 19.6. The van der Waals surface area contributed by atoms with Gasteiger partial charge in [0.05, 0.1) is 35.7 Å². The minimum atomic E-state index is -1.25. The number of ether oxygens (including phenoxy) is 3. The van der Waals surface area contributed by atoms with Gasteiger partial charge in [-0.25, -0.2) is 9.97 Å². The smallest absolute Gasteiger partial charge is 0.226 e. The van der Waals surface area contributed by atoms with Crippen LogP contribution in [0.1, 0.15) is 118 Å². The molecule has 5 rings (SSSR count). The Bertz CT molecular complexity index is 2530. The Morgan fingerprint density at radius 2 is 1.48 bits per heavy atom. The van der Waals surface area contributed by atoms with Gasteiger partial charge in [-0.05, 0) is 118 Å². The number of carbonyl (C=O) groups excluding carboxylic acids is 5. The number of aromatic nitrogens is 2. The van der Waals surface area contributed by atoms with Crippen molar-refractivity contribution >= 4 is 29.2 Å². The van der Waals surface area contributed by atoms with E-state index in [-0.39, 0.29) is 88.4 Å². The number of rotatable bonds is 22. The monoisotopic (exact) mass is 973 g/mol. The van der Waals surface area contributed by atoms with Gasteiger partial charge in [0.15, 0.2) is 23.2 Å². The molecule has 1 aromatic heterocycles. The molecular formula is C55H72N8O8. The summed E-state index contributed by atoms with van der Waals surface area (Å²) in [6.45, 7) is 13.2. The maximum atomic E-state index is 14.9. The first-order valence-electron chi connectivity index (χ1n) is 24.6. The maximum Gasteiger partial charge on any atom is 0.226 e. The first kappa shape index (κ1) is 55.4. The minimum Gasteiger partial charge on any atom is -0.494 e. The summed E-state index contributed by atoms with van der Waals surface area (Å²) in [5, 5.41) is 12.1. The summed E-state index contributed by atoms with van der Waals surface area (Å²) in [7, 11) is 1.50. The van der Waals surface area contributed by atoms with Gasteiger partial charge < -0.3 is 41.6 Å². The molecule has 16 heteroatoms. The van der Waals surface area contributed by atoms with E-state index in [1.54, 1.807) is 51.1 Å². The molecule has 0 unspecified atom stereocenters. The number of carbonyl (C=O) groups is 5. The molecular weight excluding hydrogens is 901 g/mol. The van der Waals surface area contributed by atoms with Crippen molar-refractivity contribution in [2.24, 2.45) is 34.5 Å². The number of aryl methyl sites for hydroxylation is 2. The van der Waals surface area contributed by atoms with Crippen molar-refractivity contribution in [1.82, 2.24) is 20.2 Å². The summed E-state index contributed by atoms with van der Waals surface area (Å²) >= 11 is 0. The first-order valence-corrected chi connectivity index (χ1v) is 24.6. The van der Waals surface area contributed by atoms with Gasteiger partial charge in [0, 0.05) is 74.3 Å². The standard InChI is InChI=1S/C55H72N8O8/c1-34-29-47(66)51(39-15-19-49(71-28-25-59)43(32-39)42-30-37(12-18-48(42)70-27-24-58)31-44(62-53(34)67)45(64)11-10-22-56)63(7)54(68)40(20-23-57)33-46(65)50-35(2)60-52(61-36(50)3)38-13-16-41(17-14-38)69-26-9-8-21-55(4,5)6/h12-19,30,32,34,40,44,51H,8-11,20-21,23-29,31,33,57-59H2,1-7H3,(H,62,67)/t34-,40-,44+,51+/m1/s1. The number of Topliss-reactive ketones (excluding diaryl/α,β-unsaturated/α-hetero) is 3. The fourth-order valence-corrected chi connectivity index (χ4v) is 8.86. The lowest BCUT2D eigenvalue weighted by molar-refractivity contribution is -0.142. The van der Waals surface area contributed by atoms with Crippen LogP contribution in [0.15, 0.2) is 60.7 Å². The predicted molar refractivity (Wildman–Crippen MR) is 273 cm³/mol. The Morgan fingerprint density at radius 1 is 0.845 bits per heavy atom. The zero-order chi connectivity index (χ0) is 51.8. The van der Waals surface area contributed by atoms with Crippen molar-refractivity contribution in [3.05, 3.63) is 88.7 Å². The van der Waals surface area contributed by atoms with Crippen LogP contribution in [0, 0.1) is 42.4 Å². The quantitative estimate of drug-likeness (QED) is 0.0460. The number of fused-ring (bicyclic) bond motifs is 5. The topological polar surface area (TPSA) is 256 Å². The number of benzene rings is 3. The molecule has 71 heavy (non-hydrogen) atoms. The maximum absolute atomic E-state index is 14.9. The molecule has 4 bridgehead atoms. The molecule has 0 fully saturated rings. The van der Waals surface area contributed by atoms with E-state index in [0.717, 1.165) is 30.6 Å². The third-order valence-corrected chi connectivity index (χ3v) is 12.6. The molecule has 7 N–H and O–H groups in total. The molecule has 16 nitrogen and oxygen atoms in total. The lowest BCUT2D eigenvalue weighted by atomic mass is 9.88. The number of unbranched alkanes of at least 4 members (excludes halogenated alkanes) is 1. The second kappa shape index (κ2) is 26.1. The van der Waals surface area contributed by atoms with E-state index in [1.807, 2.05) is 36.4 Å². The summed E-state index contributed by atoms with van der Waals surface area (Å²) in [5.41, 5.74) is 22.2. The van der Waals surface area contributed by atoms with Crippen molar-refractivity contribution in [3.63, 3.8) is 0 Å². The lowest BCUT2D eigenvalue weighted by Crippen LogP contribution is -2.46. The molecule has 0 radical (unpaired) electrons. The molecule has 2 heterocycles. The Kier molecular flexibility index (Phi) is 20.3. The Balaban J connectivity index is 1.48. The first-order chi connectivity index (χ1) is 33.9. The molecule has 380 valence electrons. The average Bonchev–Trinajstić information content (AvgIpc) is 3.33. The van der Waals surface area contributed by atoms with Crippen LogP contribution >= 0.6 is 0 Å². The van der Waals surface area contributed by atoms with Gasteiger partial charge in [0.2, 0.25) is 11.8 Å². The zero-order valence-corrected chi connectivity index (χ0v) is 42.5. The predicted octanol–water partition coefficient (Wildman–Crippen LogP) is 6.94. The van der Waals surface area contributed by atoms with Crippen LogP contribution in [-0.2, 0) is 25.6 Å². The number of amides is 2. The van der Waals surface area contributed by atoms with E-state index in [9.17, 15) is 29.2 Å². The van der Waals surface area contributed by atoms with Gasteiger partial charge >= 0.3 is 0 Å². The van der Waals surface area contributed by atoms with Crippen molar-refractivity contribution in [2.75, 3.05) is 46.5 Å². The number of hydrogen-bond acceptors (Lipinski definition) is 14. The van der Waals surface area contributed by atoms with Crippen LogP contribution in [0.5, 0.6) is 17.2 Å². The van der Waals surface area contributed by atoms with Gasteiger partial charge in [-0.1, -0.05) is 39.8 Å². The number of nitrogens with one attached hydrogen (secondary N) is 1. The van der Waals surface area contributed by atoms with E-state index < -0.39 is 41.5 Å².